The molecule has 4 N–H and O–H groups in total. The minimum absolute atomic E-state index is 0.00935. The predicted octanol–water partition coefficient (Wildman–Crippen LogP) is 1.34. The van der Waals surface area contributed by atoms with Crippen LogP contribution >= 0.6 is 11.8 Å². The smallest absolute Gasteiger partial charge is 0.304 e. The average molecular weight is 268 g/mol. The van der Waals surface area contributed by atoms with Crippen molar-refractivity contribution in [3.05, 3.63) is 29.8 Å². The first-order valence-electron chi connectivity index (χ1n) is 5.93. The van der Waals surface area contributed by atoms with Crippen LogP contribution in [-0.4, -0.2) is 36.5 Å². The molecule has 0 bridgehead atoms. The van der Waals surface area contributed by atoms with Crippen molar-refractivity contribution in [3.8, 4) is 0 Å². The van der Waals surface area contributed by atoms with E-state index in [1.54, 1.807) is 11.8 Å². The van der Waals surface area contributed by atoms with Gasteiger partial charge >= 0.3 is 5.97 Å². The minimum atomic E-state index is -0.850. The van der Waals surface area contributed by atoms with Crippen molar-refractivity contribution >= 4 is 17.7 Å². The second-order valence-electron chi connectivity index (χ2n) is 4.16. The van der Waals surface area contributed by atoms with E-state index in [9.17, 15) is 4.79 Å². The number of carbonyl (C=O) groups is 1. The highest BCUT2D eigenvalue weighted by Crippen LogP contribution is 2.14. The Hall–Kier alpha value is -1.04. The Kier molecular flexibility index (Phi) is 6.78. The molecule has 1 rings (SSSR count). The zero-order valence-corrected chi connectivity index (χ0v) is 11.4. The first-order chi connectivity index (χ1) is 8.61. The summed E-state index contributed by atoms with van der Waals surface area (Å²) in [6.45, 7) is 1.35. The van der Waals surface area contributed by atoms with Gasteiger partial charge in [0.2, 0.25) is 0 Å². The third-order valence-electron chi connectivity index (χ3n) is 2.59. The van der Waals surface area contributed by atoms with Crippen molar-refractivity contribution in [2.45, 2.75) is 23.8 Å². The van der Waals surface area contributed by atoms with E-state index in [-0.39, 0.29) is 12.5 Å². The molecule has 1 atom stereocenters. The number of nitrogens with one attached hydrogen (secondary N) is 1. The molecule has 1 aromatic rings. The van der Waals surface area contributed by atoms with Gasteiger partial charge in [0.05, 0.1) is 6.42 Å². The molecule has 0 aromatic heterocycles. The van der Waals surface area contributed by atoms with Gasteiger partial charge in [-0.2, -0.15) is 0 Å². The first kappa shape index (κ1) is 15.0. The van der Waals surface area contributed by atoms with E-state index in [2.05, 4.69) is 35.8 Å². The highest BCUT2D eigenvalue weighted by Gasteiger charge is 2.06. The number of rotatable bonds is 8. The lowest BCUT2D eigenvalue weighted by molar-refractivity contribution is -0.137. The number of aliphatic carboxylic acids is 1. The van der Waals surface area contributed by atoms with Crippen molar-refractivity contribution in [2.24, 2.45) is 5.73 Å². The van der Waals surface area contributed by atoms with Gasteiger partial charge in [0.25, 0.3) is 0 Å². The van der Waals surface area contributed by atoms with Gasteiger partial charge in [-0.3, -0.25) is 4.79 Å². The zero-order chi connectivity index (χ0) is 13.4. The van der Waals surface area contributed by atoms with Crippen LogP contribution in [0.1, 0.15) is 12.0 Å². The molecule has 0 aliphatic carbocycles. The lowest BCUT2D eigenvalue weighted by Crippen LogP contribution is -2.36. The summed E-state index contributed by atoms with van der Waals surface area (Å²) >= 11 is 1.73. The maximum Gasteiger partial charge on any atom is 0.304 e. The lowest BCUT2D eigenvalue weighted by Gasteiger charge is -2.10. The second kappa shape index (κ2) is 8.13. The van der Waals surface area contributed by atoms with Crippen molar-refractivity contribution in [2.75, 3.05) is 19.3 Å². The van der Waals surface area contributed by atoms with Gasteiger partial charge < -0.3 is 16.2 Å². The average Bonchev–Trinajstić information content (AvgIpc) is 2.34. The van der Waals surface area contributed by atoms with Crippen molar-refractivity contribution in [1.82, 2.24) is 5.32 Å². The third-order valence-corrected chi connectivity index (χ3v) is 3.34. The second-order valence-corrected chi connectivity index (χ2v) is 5.04. The Bertz CT molecular complexity index is 368. The normalized spacial score (nSPS) is 12.3. The molecule has 0 fully saturated rings. The Morgan fingerprint density at radius 1 is 1.44 bits per heavy atom. The maximum atomic E-state index is 10.4. The highest BCUT2D eigenvalue weighted by molar-refractivity contribution is 7.98. The maximum absolute atomic E-state index is 10.4. The minimum Gasteiger partial charge on any atom is -0.481 e. The van der Waals surface area contributed by atoms with Crippen molar-refractivity contribution in [3.63, 3.8) is 0 Å². The summed E-state index contributed by atoms with van der Waals surface area (Å²) in [6.07, 6.45) is 2.99. The van der Waals surface area contributed by atoms with Gasteiger partial charge in [0.1, 0.15) is 0 Å². The zero-order valence-electron chi connectivity index (χ0n) is 10.6. The monoisotopic (exact) mass is 268 g/mol. The molecule has 0 amide bonds. The number of thioether (sulfide) groups is 1. The summed E-state index contributed by atoms with van der Waals surface area (Å²) < 4.78 is 0. The van der Waals surface area contributed by atoms with Crippen LogP contribution in [0.4, 0.5) is 0 Å². The molecular formula is C13H20N2O2S. The predicted molar refractivity (Wildman–Crippen MR) is 75.0 cm³/mol. The van der Waals surface area contributed by atoms with E-state index in [1.807, 2.05) is 0 Å². The van der Waals surface area contributed by atoms with Crippen LogP contribution in [0.2, 0.25) is 0 Å². The molecule has 100 valence electrons. The van der Waals surface area contributed by atoms with Gasteiger partial charge in [-0.1, -0.05) is 12.1 Å². The van der Waals surface area contributed by atoms with Crippen LogP contribution < -0.4 is 11.1 Å². The SMILES string of the molecule is CSc1ccc(CCNCC(N)CC(=O)O)cc1. The summed E-state index contributed by atoms with van der Waals surface area (Å²) in [7, 11) is 0. The summed E-state index contributed by atoms with van der Waals surface area (Å²) in [5.41, 5.74) is 6.92. The fourth-order valence-corrected chi connectivity index (χ4v) is 2.02. The van der Waals surface area contributed by atoms with Crippen LogP contribution in [0.5, 0.6) is 0 Å². The Morgan fingerprint density at radius 3 is 2.67 bits per heavy atom. The lowest BCUT2D eigenvalue weighted by atomic mass is 10.1. The third kappa shape index (κ3) is 6.05. The summed E-state index contributed by atoms with van der Waals surface area (Å²) in [6, 6.07) is 8.13. The van der Waals surface area contributed by atoms with E-state index in [0.717, 1.165) is 13.0 Å². The molecule has 0 saturated heterocycles. The van der Waals surface area contributed by atoms with E-state index < -0.39 is 5.97 Å². The first-order valence-corrected chi connectivity index (χ1v) is 7.15. The quantitative estimate of drug-likeness (QED) is 0.490. The fraction of sp³-hybridized carbons (Fsp3) is 0.462. The van der Waals surface area contributed by atoms with Crippen LogP contribution in [0.15, 0.2) is 29.2 Å². The summed E-state index contributed by atoms with van der Waals surface area (Å²) in [4.78, 5) is 11.7. The molecule has 1 unspecified atom stereocenters. The number of benzene rings is 1. The van der Waals surface area contributed by atoms with Gasteiger partial charge in [-0.05, 0) is 36.9 Å². The molecule has 0 aliphatic rings. The topological polar surface area (TPSA) is 75.3 Å². The van der Waals surface area contributed by atoms with Crippen LogP contribution in [0, 0.1) is 0 Å². The fourth-order valence-electron chi connectivity index (χ4n) is 1.61. The molecule has 0 heterocycles. The van der Waals surface area contributed by atoms with Crippen molar-refractivity contribution < 1.29 is 9.90 Å². The number of hydrogen-bond donors (Lipinski definition) is 3. The number of carboxylic acids is 1. The molecule has 5 heteroatoms. The van der Waals surface area contributed by atoms with Gasteiger partial charge in [0, 0.05) is 17.5 Å². The summed E-state index contributed by atoms with van der Waals surface area (Å²) in [5, 5.41) is 11.7. The standard InChI is InChI=1S/C13H20N2O2S/c1-18-12-4-2-10(3-5-12)6-7-15-9-11(14)8-13(16)17/h2-5,11,15H,6-9,14H2,1H3,(H,16,17). The van der Waals surface area contributed by atoms with Crippen LogP contribution in [0.25, 0.3) is 0 Å². The van der Waals surface area contributed by atoms with Crippen LogP contribution in [-0.2, 0) is 11.2 Å². The van der Waals surface area contributed by atoms with Gasteiger partial charge in [0.15, 0.2) is 0 Å². The van der Waals surface area contributed by atoms with E-state index in [1.165, 1.54) is 10.5 Å². The van der Waals surface area contributed by atoms with Gasteiger partial charge in [-0.15, -0.1) is 11.8 Å². The largest absolute Gasteiger partial charge is 0.481 e. The number of carboxylic acid groups (broad SMARTS) is 1. The van der Waals surface area contributed by atoms with Crippen molar-refractivity contribution in [1.29, 1.82) is 0 Å². The van der Waals surface area contributed by atoms with Gasteiger partial charge in [-0.25, -0.2) is 0 Å². The number of nitrogens with two attached hydrogens (primary N) is 1. The molecule has 1 aromatic carbocycles. The van der Waals surface area contributed by atoms with E-state index in [4.69, 9.17) is 10.8 Å². The summed E-state index contributed by atoms with van der Waals surface area (Å²) in [5.74, 6) is -0.850. The Morgan fingerprint density at radius 2 is 2.11 bits per heavy atom. The van der Waals surface area contributed by atoms with Crippen LogP contribution in [0.3, 0.4) is 0 Å². The molecule has 4 nitrogen and oxygen atoms in total. The molecule has 0 saturated carbocycles. The molecule has 0 spiro atoms. The van der Waals surface area contributed by atoms with E-state index >= 15 is 0 Å². The molecular weight excluding hydrogens is 248 g/mol. The van der Waals surface area contributed by atoms with E-state index in [0.29, 0.717) is 6.54 Å². The number of hydrogen-bond acceptors (Lipinski definition) is 4. The molecule has 0 radical (unpaired) electrons. The Labute approximate surface area is 112 Å². The molecule has 0 aliphatic heterocycles. The highest BCUT2D eigenvalue weighted by atomic mass is 32.2. The molecule has 18 heavy (non-hydrogen) atoms. The Balaban J connectivity index is 2.19.